The summed E-state index contributed by atoms with van der Waals surface area (Å²) in [5.41, 5.74) is 0. The van der Waals surface area contributed by atoms with Crippen LogP contribution in [-0.2, 0) is 11.3 Å². The van der Waals surface area contributed by atoms with Crippen molar-refractivity contribution < 1.29 is 9.90 Å². The van der Waals surface area contributed by atoms with E-state index in [1.165, 1.54) is 4.88 Å². The molecule has 1 aliphatic rings. The Labute approximate surface area is 124 Å². The average Bonchev–Trinajstić information content (AvgIpc) is 2.97. The number of aromatic nitrogens is 1. The number of nitrogens with zero attached hydrogens (tertiary/aromatic N) is 3. The van der Waals surface area contributed by atoms with Gasteiger partial charge in [0.25, 0.3) is 0 Å². The van der Waals surface area contributed by atoms with Crippen molar-refractivity contribution in [1.29, 1.82) is 0 Å². The zero-order chi connectivity index (χ0) is 14.7. The number of rotatable bonds is 6. The Morgan fingerprint density at radius 3 is 2.85 bits per heavy atom. The van der Waals surface area contributed by atoms with Crippen molar-refractivity contribution >= 4 is 22.4 Å². The third kappa shape index (κ3) is 3.49. The van der Waals surface area contributed by atoms with E-state index in [4.69, 9.17) is 0 Å². The molecule has 6 heteroatoms. The normalized spacial score (nSPS) is 23.1. The molecule has 20 heavy (non-hydrogen) atoms. The van der Waals surface area contributed by atoms with E-state index < -0.39 is 5.97 Å². The van der Waals surface area contributed by atoms with E-state index in [1.807, 2.05) is 25.2 Å². The Balaban J connectivity index is 1.98. The molecular formula is C14H23N3O2S. The summed E-state index contributed by atoms with van der Waals surface area (Å²) in [6.07, 6.45) is 3.95. The molecule has 2 rings (SSSR count). The molecule has 1 aromatic rings. The molecule has 0 unspecified atom stereocenters. The van der Waals surface area contributed by atoms with Gasteiger partial charge in [-0.15, -0.1) is 11.3 Å². The van der Waals surface area contributed by atoms with Crippen molar-refractivity contribution in [2.45, 2.75) is 26.3 Å². The maximum Gasteiger partial charge on any atom is 0.308 e. The number of likely N-dealkylation sites (tertiary alicyclic amines) is 1. The molecule has 0 saturated carbocycles. The van der Waals surface area contributed by atoms with Crippen molar-refractivity contribution in [3.05, 3.63) is 11.1 Å². The molecule has 0 bridgehead atoms. The molecule has 1 N–H and O–H groups in total. The van der Waals surface area contributed by atoms with Crippen molar-refractivity contribution in [1.82, 2.24) is 9.88 Å². The molecule has 5 nitrogen and oxygen atoms in total. The first kappa shape index (κ1) is 15.3. The van der Waals surface area contributed by atoms with Gasteiger partial charge < -0.3 is 10.0 Å². The Morgan fingerprint density at radius 1 is 1.55 bits per heavy atom. The number of carboxylic acids is 1. The van der Waals surface area contributed by atoms with E-state index in [0.29, 0.717) is 12.5 Å². The van der Waals surface area contributed by atoms with E-state index >= 15 is 0 Å². The predicted molar refractivity (Wildman–Crippen MR) is 81.2 cm³/mol. The second-order valence-electron chi connectivity index (χ2n) is 5.69. The molecule has 0 spiro atoms. The highest BCUT2D eigenvalue weighted by atomic mass is 32.1. The van der Waals surface area contributed by atoms with Gasteiger partial charge in [0, 0.05) is 44.8 Å². The number of hydrogen-bond acceptors (Lipinski definition) is 5. The molecule has 1 aromatic heterocycles. The number of hydrogen-bond donors (Lipinski definition) is 1. The fraction of sp³-hybridized carbons (Fsp3) is 0.714. The highest BCUT2D eigenvalue weighted by molar-refractivity contribution is 7.15. The monoisotopic (exact) mass is 297 g/mol. The Morgan fingerprint density at radius 2 is 2.30 bits per heavy atom. The van der Waals surface area contributed by atoms with Crippen LogP contribution in [-0.4, -0.2) is 48.1 Å². The number of carboxylic acid groups (broad SMARTS) is 1. The first-order valence-corrected chi connectivity index (χ1v) is 7.90. The number of aliphatic carboxylic acids is 1. The number of carbonyl (C=O) groups is 1. The van der Waals surface area contributed by atoms with Gasteiger partial charge in [0.05, 0.1) is 5.92 Å². The highest BCUT2D eigenvalue weighted by Gasteiger charge is 2.36. The lowest BCUT2D eigenvalue weighted by Crippen LogP contribution is -2.23. The Kier molecular flexibility index (Phi) is 4.99. The summed E-state index contributed by atoms with van der Waals surface area (Å²) >= 11 is 1.68. The van der Waals surface area contributed by atoms with E-state index in [0.717, 1.165) is 31.1 Å². The van der Waals surface area contributed by atoms with Gasteiger partial charge in [-0.3, -0.25) is 9.69 Å². The second-order valence-corrected chi connectivity index (χ2v) is 6.78. The minimum atomic E-state index is -0.649. The van der Waals surface area contributed by atoms with Crippen LogP contribution in [0.1, 0.15) is 24.6 Å². The molecule has 0 radical (unpaired) electrons. The predicted octanol–water partition coefficient (Wildman–Crippen LogP) is 2.14. The average molecular weight is 297 g/mol. The lowest BCUT2D eigenvalue weighted by Gasteiger charge is -2.14. The van der Waals surface area contributed by atoms with Gasteiger partial charge in [-0.05, 0) is 12.3 Å². The Bertz CT molecular complexity index is 461. The van der Waals surface area contributed by atoms with E-state index in [2.05, 4.69) is 16.8 Å². The van der Waals surface area contributed by atoms with Crippen LogP contribution in [0.15, 0.2) is 6.20 Å². The van der Waals surface area contributed by atoms with Gasteiger partial charge in [0.15, 0.2) is 5.13 Å². The molecule has 0 amide bonds. The smallest absolute Gasteiger partial charge is 0.308 e. The molecule has 0 aliphatic carbocycles. The summed E-state index contributed by atoms with van der Waals surface area (Å²) in [4.78, 5) is 21.2. The summed E-state index contributed by atoms with van der Waals surface area (Å²) in [6, 6.07) is 0. The van der Waals surface area contributed by atoms with Crippen molar-refractivity contribution in [3.63, 3.8) is 0 Å². The van der Waals surface area contributed by atoms with Gasteiger partial charge >= 0.3 is 5.97 Å². The Hall–Kier alpha value is -1.14. The zero-order valence-corrected chi connectivity index (χ0v) is 13.2. The third-order valence-corrected chi connectivity index (χ3v) is 4.95. The van der Waals surface area contributed by atoms with Crippen molar-refractivity contribution in [3.8, 4) is 0 Å². The second kappa shape index (κ2) is 6.54. The van der Waals surface area contributed by atoms with Crippen LogP contribution in [0.5, 0.6) is 0 Å². The van der Waals surface area contributed by atoms with Gasteiger partial charge in [0.1, 0.15) is 0 Å². The van der Waals surface area contributed by atoms with Crippen LogP contribution in [0.25, 0.3) is 0 Å². The van der Waals surface area contributed by atoms with Crippen molar-refractivity contribution in [2.24, 2.45) is 11.8 Å². The fourth-order valence-corrected chi connectivity index (χ4v) is 3.71. The van der Waals surface area contributed by atoms with Gasteiger partial charge in [-0.1, -0.05) is 13.3 Å². The van der Waals surface area contributed by atoms with Gasteiger partial charge in [0.2, 0.25) is 0 Å². The van der Waals surface area contributed by atoms with Gasteiger partial charge in [-0.2, -0.15) is 0 Å². The van der Waals surface area contributed by atoms with Crippen LogP contribution >= 0.6 is 11.3 Å². The van der Waals surface area contributed by atoms with E-state index in [9.17, 15) is 9.90 Å². The molecule has 0 aromatic carbocycles. The lowest BCUT2D eigenvalue weighted by atomic mass is 9.92. The zero-order valence-electron chi connectivity index (χ0n) is 12.4. The molecule has 1 saturated heterocycles. The lowest BCUT2D eigenvalue weighted by molar-refractivity contribution is -0.142. The molecule has 1 aliphatic heterocycles. The molecular weight excluding hydrogens is 274 g/mol. The van der Waals surface area contributed by atoms with Crippen LogP contribution < -0.4 is 4.90 Å². The summed E-state index contributed by atoms with van der Waals surface area (Å²) in [5, 5.41) is 10.3. The summed E-state index contributed by atoms with van der Waals surface area (Å²) in [5.74, 6) is -0.570. The SMILES string of the molecule is CCC[C@@H]1CN(Cc2cnc(N(C)C)s2)C[C@H]1C(=O)O. The number of anilines is 1. The third-order valence-electron chi connectivity index (χ3n) is 3.80. The maximum absolute atomic E-state index is 11.3. The summed E-state index contributed by atoms with van der Waals surface area (Å²) in [6.45, 7) is 4.48. The molecule has 2 atom stereocenters. The van der Waals surface area contributed by atoms with Crippen LogP contribution in [0.4, 0.5) is 5.13 Å². The highest BCUT2D eigenvalue weighted by Crippen LogP contribution is 2.30. The van der Waals surface area contributed by atoms with Crippen LogP contribution in [0.2, 0.25) is 0 Å². The topological polar surface area (TPSA) is 56.7 Å². The largest absolute Gasteiger partial charge is 0.481 e. The number of thiazole rings is 1. The first-order chi connectivity index (χ1) is 9.51. The van der Waals surface area contributed by atoms with Gasteiger partial charge in [-0.25, -0.2) is 4.98 Å². The molecule has 112 valence electrons. The minimum Gasteiger partial charge on any atom is -0.481 e. The van der Waals surface area contributed by atoms with Crippen LogP contribution in [0.3, 0.4) is 0 Å². The van der Waals surface area contributed by atoms with E-state index in [1.54, 1.807) is 11.3 Å². The minimum absolute atomic E-state index is 0.212. The fourth-order valence-electron chi connectivity index (χ4n) is 2.83. The van der Waals surface area contributed by atoms with E-state index in [-0.39, 0.29) is 5.92 Å². The molecule has 2 heterocycles. The van der Waals surface area contributed by atoms with Crippen LogP contribution in [0, 0.1) is 11.8 Å². The van der Waals surface area contributed by atoms with Crippen molar-refractivity contribution in [2.75, 3.05) is 32.1 Å². The quantitative estimate of drug-likeness (QED) is 0.872. The summed E-state index contributed by atoms with van der Waals surface area (Å²) < 4.78 is 0. The molecule has 1 fully saturated rings. The first-order valence-electron chi connectivity index (χ1n) is 7.08. The maximum atomic E-state index is 11.3. The standard InChI is InChI=1S/C14H23N3O2S/c1-4-5-10-7-17(9-12(10)13(18)19)8-11-6-15-14(20-11)16(2)3/h6,10,12H,4-5,7-9H2,1-3H3,(H,18,19)/t10-,12-/m1/s1. The summed E-state index contributed by atoms with van der Waals surface area (Å²) in [7, 11) is 3.96.